The van der Waals surface area contributed by atoms with Gasteiger partial charge in [-0.2, -0.15) is 22.0 Å². The first-order valence-electron chi connectivity index (χ1n) is 12.4. The largest absolute Gasteiger partial charge is 0.431 e. The van der Waals surface area contributed by atoms with E-state index in [4.69, 9.17) is 11.6 Å². The van der Waals surface area contributed by atoms with Crippen molar-refractivity contribution < 1.29 is 53.0 Å². The summed E-state index contributed by atoms with van der Waals surface area (Å²) in [6.07, 6.45) is -8.16. The molecule has 0 saturated heterocycles. The lowest BCUT2D eigenvalue weighted by atomic mass is 9.98. The summed E-state index contributed by atoms with van der Waals surface area (Å²) in [5.41, 5.74) is -5.93. The maximum atomic E-state index is 15.0. The van der Waals surface area contributed by atoms with E-state index < -0.39 is 91.3 Å². The van der Waals surface area contributed by atoms with Gasteiger partial charge < -0.3 is 4.74 Å². The van der Waals surface area contributed by atoms with Crippen LogP contribution < -0.4 is 4.74 Å². The third-order valence-corrected chi connectivity index (χ3v) is 6.66. The van der Waals surface area contributed by atoms with Gasteiger partial charge >= 0.3 is 12.3 Å². The Bertz CT molecular complexity index is 1610. The highest BCUT2D eigenvalue weighted by molar-refractivity contribution is 6.31. The number of benzene rings is 4. The summed E-state index contributed by atoms with van der Waals surface area (Å²) < 4.78 is 160. The third-order valence-electron chi connectivity index (χ3n) is 6.37. The molecule has 0 bridgehead atoms. The third kappa shape index (κ3) is 6.74. The minimum atomic E-state index is -5.37. The number of ether oxygens (including phenoxy) is 1. The summed E-state index contributed by atoms with van der Waals surface area (Å²) in [5, 5.41) is -0.985. The van der Waals surface area contributed by atoms with Gasteiger partial charge in [-0.1, -0.05) is 24.9 Å². The Labute approximate surface area is 242 Å². The van der Waals surface area contributed by atoms with E-state index in [9.17, 15) is 39.5 Å². The fourth-order valence-corrected chi connectivity index (χ4v) is 4.73. The quantitative estimate of drug-likeness (QED) is 0.175. The van der Waals surface area contributed by atoms with Crippen molar-refractivity contribution in [1.29, 1.82) is 0 Å². The molecular weight excluding hydrogens is 621 g/mol. The van der Waals surface area contributed by atoms with E-state index in [0.29, 0.717) is 48.7 Å². The monoisotopic (exact) mass is 638 g/mol. The van der Waals surface area contributed by atoms with Gasteiger partial charge in [0.1, 0.15) is 51.8 Å². The maximum absolute atomic E-state index is 15.0. The van der Waals surface area contributed by atoms with Crippen molar-refractivity contribution in [2.24, 2.45) is 0 Å². The van der Waals surface area contributed by atoms with Gasteiger partial charge in [-0.05, 0) is 78.1 Å². The van der Waals surface area contributed by atoms with Crippen molar-refractivity contribution in [2.75, 3.05) is 0 Å². The predicted molar refractivity (Wildman–Crippen MR) is 137 cm³/mol. The second-order valence-corrected chi connectivity index (χ2v) is 9.83. The van der Waals surface area contributed by atoms with Gasteiger partial charge in [-0.3, -0.25) is 0 Å². The van der Waals surface area contributed by atoms with Crippen LogP contribution in [0.2, 0.25) is 5.02 Å². The van der Waals surface area contributed by atoms with Crippen molar-refractivity contribution >= 4 is 11.6 Å². The first-order valence-corrected chi connectivity index (χ1v) is 12.8. The molecule has 4 rings (SSSR count). The van der Waals surface area contributed by atoms with Crippen LogP contribution in [0.5, 0.6) is 5.75 Å². The second-order valence-electron chi connectivity index (χ2n) is 9.43. The molecule has 0 unspecified atom stereocenters. The minimum absolute atomic E-state index is 0.209. The van der Waals surface area contributed by atoms with Crippen LogP contribution in [0, 0.1) is 34.9 Å². The highest BCUT2D eigenvalue weighted by Gasteiger charge is 2.41. The van der Waals surface area contributed by atoms with Gasteiger partial charge in [-0.25, -0.2) is 26.3 Å². The molecular formula is C30H18ClF11O. The molecule has 0 N–H and O–H groups in total. The van der Waals surface area contributed by atoms with Crippen molar-refractivity contribution in [3.63, 3.8) is 0 Å². The number of unbranched alkanes of at least 4 members (excludes halogenated alkanes) is 1. The average Bonchev–Trinajstić information content (AvgIpc) is 2.85. The smallest absolute Gasteiger partial charge is 0.429 e. The van der Waals surface area contributed by atoms with Crippen molar-refractivity contribution in [2.45, 2.75) is 38.5 Å². The molecule has 0 aliphatic rings. The Balaban J connectivity index is 1.63. The summed E-state index contributed by atoms with van der Waals surface area (Å²) in [6.45, 7) is 1.88. The van der Waals surface area contributed by atoms with Crippen molar-refractivity contribution in [1.82, 2.24) is 0 Å². The molecule has 4 aromatic rings. The molecule has 0 heterocycles. The van der Waals surface area contributed by atoms with Crippen LogP contribution in [0.3, 0.4) is 0 Å². The molecule has 0 fully saturated rings. The standard InChI is InChI=1S/C30H18ClF11O/c1-2-3-4-14-7-21(33)26(22(34)8-14)16-9-19(31)27(23(35)12-16)30(41,42)43-17-5-6-18(20(32)13-17)15-10-24(36)28(25(37)11-15)29(38,39)40/h5-13H,2-4H2,1H3. The van der Waals surface area contributed by atoms with E-state index >= 15 is 8.78 Å². The molecule has 0 radical (unpaired) electrons. The first kappa shape index (κ1) is 32.1. The van der Waals surface area contributed by atoms with Crippen molar-refractivity contribution in [3.8, 4) is 28.0 Å². The van der Waals surface area contributed by atoms with E-state index in [-0.39, 0.29) is 12.1 Å². The molecule has 228 valence electrons. The van der Waals surface area contributed by atoms with E-state index in [1.54, 1.807) is 0 Å². The zero-order valence-corrected chi connectivity index (χ0v) is 22.5. The topological polar surface area (TPSA) is 9.23 Å². The molecule has 43 heavy (non-hydrogen) atoms. The molecule has 4 aromatic carbocycles. The van der Waals surface area contributed by atoms with Crippen LogP contribution in [0.1, 0.15) is 36.5 Å². The number of hydrogen-bond donors (Lipinski definition) is 0. The van der Waals surface area contributed by atoms with Crippen LogP contribution in [-0.2, 0) is 18.7 Å². The van der Waals surface area contributed by atoms with Crippen LogP contribution >= 0.6 is 11.6 Å². The number of aryl methyl sites for hydroxylation is 1. The fraction of sp³-hybridized carbons (Fsp3) is 0.200. The Hall–Kier alpha value is -3.80. The predicted octanol–water partition coefficient (Wildman–Crippen LogP) is 11.0. The molecule has 0 spiro atoms. The number of alkyl halides is 5. The lowest BCUT2D eigenvalue weighted by Gasteiger charge is -2.21. The molecule has 13 heteroatoms. The summed E-state index contributed by atoms with van der Waals surface area (Å²) in [7, 11) is 0. The Morgan fingerprint density at radius 2 is 1.21 bits per heavy atom. The fourth-order valence-electron chi connectivity index (χ4n) is 4.41. The molecule has 0 aliphatic heterocycles. The summed E-state index contributed by atoms with van der Waals surface area (Å²) in [4.78, 5) is 0. The van der Waals surface area contributed by atoms with Gasteiger partial charge in [0, 0.05) is 11.6 Å². The first-order chi connectivity index (χ1) is 20.0. The molecule has 0 aliphatic carbocycles. The highest BCUT2D eigenvalue weighted by atomic mass is 35.5. The number of hydrogen-bond acceptors (Lipinski definition) is 1. The normalized spacial score (nSPS) is 12.1. The van der Waals surface area contributed by atoms with Gasteiger partial charge in [0.2, 0.25) is 0 Å². The Morgan fingerprint density at radius 3 is 1.72 bits per heavy atom. The lowest BCUT2D eigenvalue weighted by Crippen LogP contribution is -2.24. The van der Waals surface area contributed by atoms with Crippen molar-refractivity contribution in [3.05, 3.63) is 111 Å². The molecule has 0 amide bonds. The summed E-state index contributed by atoms with van der Waals surface area (Å²) >= 11 is 5.88. The second kappa shape index (κ2) is 12.1. The zero-order valence-electron chi connectivity index (χ0n) is 21.8. The highest BCUT2D eigenvalue weighted by Crippen LogP contribution is 2.42. The van der Waals surface area contributed by atoms with Crippen LogP contribution in [-0.4, -0.2) is 0 Å². The van der Waals surface area contributed by atoms with Crippen LogP contribution in [0.15, 0.2) is 54.6 Å². The Kier molecular flexibility index (Phi) is 9.01. The van der Waals surface area contributed by atoms with Crippen LogP contribution in [0.25, 0.3) is 22.3 Å². The van der Waals surface area contributed by atoms with Gasteiger partial charge in [0.25, 0.3) is 0 Å². The molecule has 1 nitrogen and oxygen atoms in total. The molecule has 0 saturated carbocycles. The SMILES string of the molecule is CCCCc1cc(F)c(-c2cc(F)c(C(F)(F)Oc3ccc(-c4cc(F)c(C(F)(F)F)c(F)c4)c(F)c3)c(Cl)c2)c(F)c1. The maximum Gasteiger partial charge on any atom is 0.431 e. The van der Waals surface area contributed by atoms with E-state index in [1.807, 2.05) is 6.92 Å². The van der Waals surface area contributed by atoms with E-state index in [0.717, 1.165) is 18.6 Å². The van der Waals surface area contributed by atoms with Gasteiger partial charge in [0.05, 0.1) is 10.6 Å². The minimum Gasteiger partial charge on any atom is -0.429 e. The molecule has 0 aromatic heterocycles. The van der Waals surface area contributed by atoms with Gasteiger partial charge in [-0.15, -0.1) is 0 Å². The van der Waals surface area contributed by atoms with E-state index in [1.165, 1.54) is 0 Å². The summed E-state index contributed by atoms with van der Waals surface area (Å²) in [6, 6.07) is 5.31. The zero-order chi connectivity index (χ0) is 31.9. The van der Waals surface area contributed by atoms with E-state index in [2.05, 4.69) is 4.74 Å². The molecule has 0 atom stereocenters. The number of halogens is 12. The Morgan fingerprint density at radius 1 is 0.651 bits per heavy atom. The van der Waals surface area contributed by atoms with Gasteiger partial charge in [0.15, 0.2) is 0 Å². The lowest BCUT2D eigenvalue weighted by molar-refractivity contribution is -0.187. The number of rotatable bonds is 8. The summed E-state index contributed by atoms with van der Waals surface area (Å²) in [5.74, 6) is -10.3. The van der Waals surface area contributed by atoms with Crippen LogP contribution in [0.4, 0.5) is 48.3 Å². The average molecular weight is 639 g/mol.